The molecule has 0 aliphatic heterocycles. The van der Waals surface area contributed by atoms with Gasteiger partial charge in [0, 0.05) is 0 Å². The van der Waals surface area contributed by atoms with Gasteiger partial charge in [-0.15, -0.1) is 0 Å². The number of halogens is 2. The van der Waals surface area contributed by atoms with Crippen molar-refractivity contribution in [3.05, 3.63) is 56.0 Å². The maximum Gasteiger partial charge on any atom is 0.289 e. The van der Waals surface area contributed by atoms with E-state index in [2.05, 4.69) is 5.10 Å². The first kappa shape index (κ1) is 21.4. The highest BCUT2D eigenvalue weighted by atomic mass is 35.5. The van der Waals surface area contributed by atoms with Gasteiger partial charge in [-0.3, -0.25) is 4.79 Å². The molecule has 2 aromatic rings. The maximum atomic E-state index is 12.4. The standard InChI is InChI=1S/C20H26ClFN2O3/c1-13-9-16(14(2)8-15(13)11-26-7-6-22)12-27-17-10-23-24(20(3,4)5)19(25)18(17)21/h8-10H,6-7,11-12H2,1-5H3. The minimum absolute atomic E-state index is 0.0190. The van der Waals surface area contributed by atoms with Crippen LogP contribution >= 0.6 is 11.6 Å². The average molecular weight is 397 g/mol. The second-order valence-electron chi connectivity index (χ2n) is 7.45. The van der Waals surface area contributed by atoms with Crippen molar-refractivity contribution in [2.45, 2.75) is 53.4 Å². The van der Waals surface area contributed by atoms with Gasteiger partial charge in [-0.1, -0.05) is 23.7 Å². The summed E-state index contributed by atoms with van der Waals surface area (Å²) in [4.78, 5) is 12.4. The molecule has 1 aromatic heterocycles. The van der Waals surface area contributed by atoms with E-state index in [1.54, 1.807) is 0 Å². The molecule has 7 heteroatoms. The molecule has 1 aromatic carbocycles. The summed E-state index contributed by atoms with van der Waals surface area (Å²) in [6, 6.07) is 4.00. The molecule has 1 heterocycles. The summed E-state index contributed by atoms with van der Waals surface area (Å²) in [6.07, 6.45) is 1.47. The molecule has 27 heavy (non-hydrogen) atoms. The van der Waals surface area contributed by atoms with Gasteiger partial charge in [0.15, 0.2) is 10.8 Å². The van der Waals surface area contributed by atoms with Crippen LogP contribution in [-0.2, 0) is 23.5 Å². The number of hydrogen-bond donors (Lipinski definition) is 0. The SMILES string of the molecule is Cc1cc(COc2cnn(C(C)(C)C)c(=O)c2Cl)c(C)cc1COCCF. The van der Waals surface area contributed by atoms with Gasteiger partial charge in [0.25, 0.3) is 5.56 Å². The van der Waals surface area contributed by atoms with E-state index in [1.165, 1.54) is 10.9 Å². The molecule has 0 radical (unpaired) electrons. The topological polar surface area (TPSA) is 53.4 Å². The smallest absolute Gasteiger partial charge is 0.289 e. The van der Waals surface area contributed by atoms with Crippen LogP contribution in [0.4, 0.5) is 4.39 Å². The quantitative estimate of drug-likeness (QED) is 0.653. The minimum Gasteiger partial charge on any atom is -0.485 e. The monoisotopic (exact) mass is 396 g/mol. The van der Waals surface area contributed by atoms with Crippen LogP contribution in [0.25, 0.3) is 0 Å². The van der Waals surface area contributed by atoms with E-state index in [-0.39, 0.29) is 29.5 Å². The van der Waals surface area contributed by atoms with E-state index >= 15 is 0 Å². The highest BCUT2D eigenvalue weighted by Crippen LogP contribution is 2.23. The normalized spacial score (nSPS) is 11.7. The fourth-order valence-electron chi connectivity index (χ4n) is 2.64. The third-order valence-corrected chi connectivity index (χ3v) is 4.53. The van der Waals surface area contributed by atoms with Crippen LogP contribution in [0.1, 0.15) is 43.0 Å². The Morgan fingerprint density at radius 1 is 1.15 bits per heavy atom. The summed E-state index contributed by atoms with van der Waals surface area (Å²) in [5.74, 6) is 0.259. The van der Waals surface area contributed by atoms with Gasteiger partial charge < -0.3 is 9.47 Å². The van der Waals surface area contributed by atoms with E-state index in [9.17, 15) is 9.18 Å². The Morgan fingerprint density at radius 2 is 1.74 bits per heavy atom. The number of rotatable bonds is 7. The van der Waals surface area contributed by atoms with Gasteiger partial charge in [-0.25, -0.2) is 9.07 Å². The zero-order valence-corrected chi connectivity index (χ0v) is 17.2. The molecule has 2 rings (SSSR count). The Kier molecular flexibility index (Phi) is 7.00. The molecule has 0 unspecified atom stereocenters. The zero-order valence-electron chi connectivity index (χ0n) is 16.4. The third kappa shape index (κ3) is 5.30. The number of nitrogens with zero attached hydrogens (tertiary/aromatic N) is 2. The number of aryl methyl sites for hydroxylation is 2. The van der Waals surface area contributed by atoms with Crippen molar-refractivity contribution in [2.24, 2.45) is 0 Å². The van der Waals surface area contributed by atoms with E-state index < -0.39 is 12.2 Å². The molecular weight excluding hydrogens is 371 g/mol. The van der Waals surface area contributed by atoms with E-state index in [1.807, 2.05) is 46.8 Å². The van der Waals surface area contributed by atoms with Crippen molar-refractivity contribution >= 4 is 11.6 Å². The Labute approximate surface area is 164 Å². The number of alkyl halides is 1. The van der Waals surface area contributed by atoms with Gasteiger partial charge in [-0.2, -0.15) is 5.10 Å². The Balaban J connectivity index is 2.16. The zero-order chi connectivity index (χ0) is 20.2. The van der Waals surface area contributed by atoms with Crippen LogP contribution in [0.15, 0.2) is 23.1 Å². The van der Waals surface area contributed by atoms with Crippen LogP contribution in [-0.4, -0.2) is 23.1 Å². The predicted octanol–water partition coefficient (Wildman–Crippen LogP) is 4.33. The first-order valence-electron chi connectivity index (χ1n) is 8.79. The van der Waals surface area contributed by atoms with Crippen LogP contribution < -0.4 is 10.3 Å². The Hall–Kier alpha value is -1.92. The summed E-state index contributed by atoms with van der Waals surface area (Å²) in [7, 11) is 0. The van der Waals surface area contributed by atoms with Gasteiger partial charge in [0.05, 0.1) is 24.9 Å². The van der Waals surface area contributed by atoms with Crippen LogP contribution in [0, 0.1) is 13.8 Å². The second-order valence-corrected chi connectivity index (χ2v) is 7.82. The Bertz CT molecular complexity index is 860. The van der Waals surface area contributed by atoms with E-state index in [4.69, 9.17) is 21.1 Å². The molecule has 0 aliphatic carbocycles. The molecule has 0 fully saturated rings. The maximum absolute atomic E-state index is 12.4. The molecule has 0 N–H and O–H groups in total. The van der Waals surface area contributed by atoms with E-state index in [0.29, 0.717) is 6.61 Å². The van der Waals surface area contributed by atoms with Crippen LogP contribution in [0.5, 0.6) is 5.75 Å². The summed E-state index contributed by atoms with van der Waals surface area (Å²) < 4.78 is 24.5. The molecule has 0 bridgehead atoms. The van der Waals surface area contributed by atoms with E-state index in [0.717, 1.165) is 22.3 Å². The third-order valence-electron chi connectivity index (χ3n) is 4.18. The van der Waals surface area contributed by atoms with Gasteiger partial charge in [0.1, 0.15) is 13.3 Å². The van der Waals surface area contributed by atoms with Gasteiger partial charge >= 0.3 is 0 Å². The number of ether oxygens (including phenoxy) is 2. The Morgan fingerprint density at radius 3 is 2.30 bits per heavy atom. The lowest BCUT2D eigenvalue weighted by atomic mass is 10.0. The second kappa shape index (κ2) is 8.85. The highest BCUT2D eigenvalue weighted by Gasteiger charge is 2.20. The number of aromatic nitrogens is 2. The predicted molar refractivity (Wildman–Crippen MR) is 104 cm³/mol. The van der Waals surface area contributed by atoms with Gasteiger partial charge in [-0.05, 0) is 56.9 Å². The molecule has 0 spiro atoms. The van der Waals surface area contributed by atoms with Crippen molar-refractivity contribution in [2.75, 3.05) is 13.3 Å². The molecule has 0 amide bonds. The average Bonchev–Trinajstić information content (AvgIpc) is 2.58. The molecule has 0 saturated heterocycles. The lowest BCUT2D eigenvalue weighted by Crippen LogP contribution is -2.36. The summed E-state index contributed by atoms with van der Waals surface area (Å²) in [5.41, 5.74) is 3.19. The summed E-state index contributed by atoms with van der Waals surface area (Å²) in [6.45, 7) is 9.80. The van der Waals surface area contributed by atoms with Gasteiger partial charge in [0.2, 0.25) is 0 Å². The summed E-state index contributed by atoms with van der Waals surface area (Å²) in [5, 5.41) is 4.19. The molecular formula is C20H26ClFN2O3. The largest absolute Gasteiger partial charge is 0.485 e. The van der Waals surface area contributed by atoms with Crippen molar-refractivity contribution in [1.29, 1.82) is 0 Å². The minimum atomic E-state index is -0.493. The molecule has 148 valence electrons. The van der Waals surface area contributed by atoms with Crippen molar-refractivity contribution in [3.63, 3.8) is 0 Å². The van der Waals surface area contributed by atoms with Crippen molar-refractivity contribution in [3.8, 4) is 5.75 Å². The van der Waals surface area contributed by atoms with Crippen LogP contribution in [0.3, 0.4) is 0 Å². The van der Waals surface area contributed by atoms with Crippen LogP contribution in [0.2, 0.25) is 5.02 Å². The first-order chi connectivity index (χ1) is 12.6. The number of benzene rings is 1. The highest BCUT2D eigenvalue weighted by molar-refractivity contribution is 6.31. The van der Waals surface area contributed by atoms with Crippen molar-refractivity contribution in [1.82, 2.24) is 9.78 Å². The number of hydrogen-bond acceptors (Lipinski definition) is 4. The molecule has 0 atom stereocenters. The molecule has 5 nitrogen and oxygen atoms in total. The fraction of sp³-hybridized carbons (Fsp3) is 0.500. The lowest BCUT2D eigenvalue weighted by Gasteiger charge is -2.21. The fourth-order valence-corrected chi connectivity index (χ4v) is 2.82. The summed E-state index contributed by atoms with van der Waals surface area (Å²) >= 11 is 6.19. The molecule has 0 saturated carbocycles. The molecule has 0 aliphatic rings. The lowest BCUT2D eigenvalue weighted by molar-refractivity contribution is 0.106. The van der Waals surface area contributed by atoms with Crippen molar-refractivity contribution < 1.29 is 13.9 Å². The first-order valence-corrected chi connectivity index (χ1v) is 9.16.